The topological polar surface area (TPSA) is 17.1 Å². The maximum absolute atomic E-state index is 13.6. The highest BCUT2D eigenvalue weighted by atomic mass is 19.2. The molecular formula is C16H12F2O. The summed E-state index contributed by atoms with van der Waals surface area (Å²) < 4.78 is 26.7. The molecule has 0 bridgehead atoms. The van der Waals surface area contributed by atoms with Crippen LogP contribution in [0.5, 0.6) is 0 Å². The Morgan fingerprint density at radius 3 is 2.47 bits per heavy atom. The number of Topliss-reactive ketones (excluding diaryl/α,β-unsaturated/α-hetero) is 1. The number of ketones is 1. The highest BCUT2D eigenvalue weighted by Crippen LogP contribution is 2.49. The van der Waals surface area contributed by atoms with E-state index in [-0.39, 0.29) is 23.2 Å². The highest BCUT2D eigenvalue weighted by Gasteiger charge is 2.44. The second-order valence-electron chi connectivity index (χ2n) is 4.83. The van der Waals surface area contributed by atoms with Crippen LogP contribution in [0, 0.1) is 17.6 Å². The van der Waals surface area contributed by atoms with Crippen LogP contribution in [0.3, 0.4) is 0 Å². The first-order chi connectivity index (χ1) is 9.18. The normalized spacial score (nSPS) is 21.2. The summed E-state index contributed by atoms with van der Waals surface area (Å²) >= 11 is 0. The number of carbonyl (C=O) groups excluding carboxylic acids is 1. The molecule has 0 heterocycles. The molecule has 19 heavy (non-hydrogen) atoms. The zero-order valence-electron chi connectivity index (χ0n) is 10.1. The molecule has 0 radical (unpaired) electrons. The lowest BCUT2D eigenvalue weighted by atomic mass is 10.0. The molecule has 0 aliphatic heterocycles. The van der Waals surface area contributed by atoms with Gasteiger partial charge in [0, 0.05) is 5.92 Å². The van der Waals surface area contributed by atoms with Crippen LogP contribution in [-0.2, 0) is 0 Å². The fourth-order valence-electron chi connectivity index (χ4n) is 2.45. The molecule has 0 saturated heterocycles. The largest absolute Gasteiger partial charge is 0.294 e. The van der Waals surface area contributed by atoms with Crippen molar-refractivity contribution in [2.24, 2.45) is 5.92 Å². The van der Waals surface area contributed by atoms with Gasteiger partial charge in [0.15, 0.2) is 17.4 Å². The summed E-state index contributed by atoms with van der Waals surface area (Å²) in [6.45, 7) is 0. The van der Waals surface area contributed by atoms with E-state index in [1.807, 2.05) is 30.3 Å². The van der Waals surface area contributed by atoms with Crippen LogP contribution >= 0.6 is 0 Å². The molecule has 1 nitrogen and oxygen atoms in total. The van der Waals surface area contributed by atoms with Gasteiger partial charge in [-0.05, 0) is 30.0 Å². The molecule has 2 unspecified atom stereocenters. The number of benzene rings is 2. The van der Waals surface area contributed by atoms with Crippen molar-refractivity contribution in [2.75, 3.05) is 0 Å². The molecule has 3 rings (SSSR count). The minimum Gasteiger partial charge on any atom is -0.294 e. The smallest absolute Gasteiger partial charge is 0.169 e. The van der Waals surface area contributed by atoms with Gasteiger partial charge in [-0.1, -0.05) is 36.4 Å². The minimum absolute atomic E-state index is 0.136. The molecule has 96 valence electrons. The number of halogens is 2. The van der Waals surface area contributed by atoms with Gasteiger partial charge >= 0.3 is 0 Å². The second kappa shape index (κ2) is 4.57. The Morgan fingerprint density at radius 2 is 1.74 bits per heavy atom. The highest BCUT2D eigenvalue weighted by molar-refractivity contribution is 6.00. The Balaban J connectivity index is 1.82. The lowest BCUT2D eigenvalue weighted by Gasteiger charge is -2.03. The second-order valence-corrected chi connectivity index (χ2v) is 4.83. The van der Waals surface area contributed by atoms with E-state index in [0.29, 0.717) is 6.42 Å². The molecule has 0 aromatic heterocycles. The van der Waals surface area contributed by atoms with E-state index in [9.17, 15) is 13.6 Å². The van der Waals surface area contributed by atoms with Gasteiger partial charge in [0.05, 0.1) is 5.56 Å². The molecule has 0 amide bonds. The zero-order valence-corrected chi connectivity index (χ0v) is 10.1. The van der Waals surface area contributed by atoms with Crippen molar-refractivity contribution in [3.05, 3.63) is 71.3 Å². The molecule has 1 saturated carbocycles. The molecular weight excluding hydrogens is 246 g/mol. The quantitative estimate of drug-likeness (QED) is 0.762. The predicted molar refractivity (Wildman–Crippen MR) is 68.0 cm³/mol. The number of hydrogen-bond acceptors (Lipinski definition) is 1. The van der Waals surface area contributed by atoms with E-state index in [0.717, 1.165) is 11.6 Å². The maximum atomic E-state index is 13.6. The number of rotatable bonds is 3. The SMILES string of the molecule is O=C(c1cccc(F)c1F)C1CC1c1ccccc1. The number of carbonyl (C=O) groups is 1. The molecule has 1 aliphatic carbocycles. The van der Waals surface area contributed by atoms with Crippen LogP contribution in [0.1, 0.15) is 28.3 Å². The van der Waals surface area contributed by atoms with Crippen LogP contribution in [0.25, 0.3) is 0 Å². The average molecular weight is 258 g/mol. The summed E-state index contributed by atoms with van der Waals surface area (Å²) in [6, 6.07) is 13.4. The first-order valence-corrected chi connectivity index (χ1v) is 6.21. The van der Waals surface area contributed by atoms with Gasteiger partial charge in [-0.25, -0.2) is 8.78 Å². The Kier molecular flexibility index (Phi) is 2.90. The summed E-state index contributed by atoms with van der Waals surface area (Å²) in [5.74, 6) is -2.39. The maximum Gasteiger partial charge on any atom is 0.169 e. The Bertz CT molecular complexity index is 622. The van der Waals surface area contributed by atoms with Crippen LogP contribution in [0.15, 0.2) is 48.5 Å². The van der Waals surface area contributed by atoms with Gasteiger partial charge in [-0.3, -0.25) is 4.79 Å². The van der Waals surface area contributed by atoms with E-state index in [4.69, 9.17) is 0 Å². The molecule has 0 N–H and O–H groups in total. The fourth-order valence-corrected chi connectivity index (χ4v) is 2.45. The summed E-state index contributed by atoms with van der Waals surface area (Å²) in [5, 5.41) is 0. The van der Waals surface area contributed by atoms with Gasteiger partial charge in [0.1, 0.15) is 0 Å². The monoisotopic (exact) mass is 258 g/mol. The third-order valence-corrected chi connectivity index (χ3v) is 3.57. The molecule has 1 fully saturated rings. The van der Waals surface area contributed by atoms with Crippen molar-refractivity contribution in [1.82, 2.24) is 0 Å². The van der Waals surface area contributed by atoms with E-state index < -0.39 is 11.6 Å². The average Bonchev–Trinajstić information content (AvgIpc) is 3.22. The van der Waals surface area contributed by atoms with Crippen molar-refractivity contribution in [3.63, 3.8) is 0 Å². The van der Waals surface area contributed by atoms with Gasteiger partial charge < -0.3 is 0 Å². The van der Waals surface area contributed by atoms with Gasteiger partial charge in [-0.2, -0.15) is 0 Å². The number of hydrogen-bond donors (Lipinski definition) is 0. The third-order valence-electron chi connectivity index (χ3n) is 3.57. The van der Waals surface area contributed by atoms with Gasteiger partial charge in [0.2, 0.25) is 0 Å². The predicted octanol–water partition coefficient (Wildman–Crippen LogP) is 3.95. The first kappa shape index (κ1) is 12.0. The summed E-state index contributed by atoms with van der Waals surface area (Å²) in [6.07, 6.45) is 0.707. The zero-order chi connectivity index (χ0) is 13.4. The van der Waals surface area contributed by atoms with Crippen LogP contribution < -0.4 is 0 Å². The third kappa shape index (κ3) is 2.16. The Hall–Kier alpha value is -2.03. The molecule has 2 aromatic rings. The Labute approximate surface area is 109 Å². The molecule has 2 atom stereocenters. The fraction of sp³-hybridized carbons (Fsp3) is 0.188. The van der Waals surface area contributed by atoms with Gasteiger partial charge in [0.25, 0.3) is 0 Å². The standard InChI is InChI=1S/C16H12F2O/c17-14-8-4-7-11(15(14)18)16(19)13-9-12(13)10-5-2-1-3-6-10/h1-8,12-13H,9H2. The van der Waals surface area contributed by atoms with Crippen molar-refractivity contribution >= 4 is 5.78 Å². The van der Waals surface area contributed by atoms with E-state index >= 15 is 0 Å². The van der Waals surface area contributed by atoms with Crippen molar-refractivity contribution in [2.45, 2.75) is 12.3 Å². The van der Waals surface area contributed by atoms with Crippen molar-refractivity contribution in [1.29, 1.82) is 0 Å². The molecule has 0 spiro atoms. The molecule has 3 heteroatoms. The lowest BCUT2D eigenvalue weighted by molar-refractivity contribution is 0.0960. The van der Waals surface area contributed by atoms with E-state index in [1.54, 1.807) is 0 Å². The van der Waals surface area contributed by atoms with Crippen LogP contribution in [0.2, 0.25) is 0 Å². The minimum atomic E-state index is -1.04. The van der Waals surface area contributed by atoms with Crippen molar-refractivity contribution in [3.8, 4) is 0 Å². The van der Waals surface area contributed by atoms with E-state index in [2.05, 4.69) is 0 Å². The van der Waals surface area contributed by atoms with Crippen molar-refractivity contribution < 1.29 is 13.6 Å². The summed E-state index contributed by atoms with van der Waals surface area (Å²) in [7, 11) is 0. The van der Waals surface area contributed by atoms with E-state index in [1.165, 1.54) is 12.1 Å². The van der Waals surface area contributed by atoms with Gasteiger partial charge in [-0.15, -0.1) is 0 Å². The van der Waals surface area contributed by atoms with Crippen LogP contribution in [-0.4, -0.2) is 5.78 Å². The Morgan fingerprint density at radius 1 is 1.00 bits per heavy atom. The first-order valence-electron chi connectivity index (χ1n) is 6.21. The summed E-state index contributed by atoms with van der Waals surface area (Å²) in [5.41, 5.74) is 0.945. The molecule has 1 aliphatic rings. The molecule has 2 aromatic carbocycles. The summed E-state index contributed by atoms with van der Waals surface area (Å²) in [4.78, 5) is 12.2. The van der Waals surface area contributed by atoms with Crippen LogP contribution in [0.4, 0.5) is 8.78 Å². The lowest BCUT2D eigenvalue weighted by Crippen LogP contribution is -2.07.